The topological polar surface area (TPSA) is 35.2 Å². The average molecular weight is 206 g/mol. The number of rotatable bonds is 1. The maximum Gasteiger partial charge on any atom is 0.127 e. The van der Waals surface area contributed by atoms with Crippen LogP contribution >= 0.6 is 0 Å². The van der Waals surface area contributed by atoms with Crippen LogP contribution in [0.25, 0.3) is 0 Å². The summed E-state index contributed by atoms with van der Waals surface area (Å²) in [4.78, 5) is 0. The van der Waals surface area contributed by atoms with Gasteiger partial charge in [0.1, 0.15) is 19.4 Å². The molecule has 0 bridgehead atoms. The zero-order valence-corrected chi connectivity index (χ0v) is 8.48. The van der Waals surface area contributed by atoms with Gasteiger partial charge in [0.05, 0.1) is 29.5 Å². The number of nitrogens with two attached hydrogens (primary N) is 1. The second kappa shape index (κ2) is 3.59. The van der Waals surface area contributed by atoms with Crippen LogP contribution in [0.5, 0.6) is 5.75 Å². The van der Waals surface area contributed by atoms with Crippen LogP contribution in [0.4, 0.5) is 4.39 Å². The Kier molecular flexibility index (Phi) is 2.61. The van der Waals surface area contributed by atoms with Crippen molar-refractivity contribution < 1.29 is 9.13 Å². The van der Waals surface area contributed by atoms with Crippen LogP contribution in [0.1, 0.15) is 16.9 Å². The van der Waals surface area contributed by atoms with Crippen LogP contribution in [0.3, 0.4) is 0 Å². The van der Waals surface area contributed by atoms with Crippen LogP contribution in [0, 0.1) is 5.82 Å². The smallest absolute Gasteiger partial charge is 0.127 e. The summed E-state index contributed by atoms with van der Waals surface area (Å²) in [6, 6.07) is 1.84. The molecule has 7 heteroatoms. The molecule has 72 valence electrons. The number of ether oxygens (including phenoxy) is 1. The fraction of sp³-hybridized carbons (Fsp3) is 0.333. The lowest BCUT2D eigenvalue weighted by atomic mass is 9.55. The normalized spacial score (nSPS) is 23.9. The molecule has 0 saturated heterocycles. The second-order valence-corrected chi connectivity index (χ2v) is 3.88. The van der Waals surface area contributed by atoms with Gasteiger partial charge in [-0.1, -0.05) is 0 Å². The molecule has 1 aliphatic heterocycles. The minimum atomic E-state index is -1.82. The first-order chi connectivity index (χ1) is 7.32. The van der Waals surface area contributed by atoms with E-state index >= 15 is 0 Å². The third kappa shape index (κ3) is 1.67. The highest BCUT2D eigenvalue weighted by atomic mass is 19.1. The Hall–Kier alpha value is -0.830. The molecule has 2 atom stereocenters. The van der Waals surface area contributed by atoms with Crippen molar-refractivity contribution in [2.24, 2.45) is 5.73 Å². The molecule has 0 spiro atoms. The first-order valence-corrected chi connectivity index (χ1v) is 4.69. The fourth-order valence-corrected chi connectivity index (χ4v) is 1.83. The van der Waals surface area contributed by atoms with E-state index in [2.05, 4.69) is 0 Å². The van der Waals surface area contributed by atoms with Gasteiger partial charge in [-0.2, -0.15) is 0 Å². The van der Waals surface area contributed by atoms with Gasteiger partial charge >= 0.3 is 0 Å². The van der Waals surface area contributed by atoms with Crippen molar-refractivity contribution in [2.75, 3.05) is 0 Å². The summed E-state index contributed by atoms with van der Waals surface area (Å²) < 4.78 is 18.9. The van der Waals surface area contributed by atoms with Crippen molar-refractivity contribution in [3.05, 3.63) is 29.1 Å². The average Bonchev–Trinajstić information content (AvgIpc) is 2.42. The number of hydrogen-bond acceptors (Lipinski definition) is 2. The molecule has 2 unspecified atom stereocenters. The van der Waals surface area contributed by atoms with Crippen LogP contribution in [0.15, 0.2) is 12.1 Å². The van der Waals surface area contributed by atoms with Gasteiger partial charge in [0.15, 0.2) is 0 Å². The summed E-state index contributed by atoms with van der Waals surface area (Å²) in [7, 11) is 22.4. The molecular weight excluding hydrogens is 200 g/mol. The van der Waals surface area contributed by atoms with Gasteiger partial charge in [0, 0.05) is 0 Å². The molecule has 0 aromatic heterocycles. The van der Waals surface area contributed by atoms with Gasteiger partial charge in [-0.05, 0) is 34.4 Å². The molecule has 2 rings (SSSR count). The summed E-state index contributed by atoms with van der Waals surface area (Å²) in [5, 5.41) is -1.82. The van der Waals surface area contributed by atoms with Gasteiger partial charge in [-0.25, -0.2) is 4.39 Å². The molecule has 1 aliphatic rings. The van der Waals surface area contributed by atoms with E-state index in [1.165, 1.54) is 12.1 Å². The minimum Gasteiger partial charge on any atom is -0.500 e. The molecule has 1 heterocycles. The third-order valence-corrected chi connectivity index (χ3v) is 2.54. The largest absolute Gasteiger partial charge is 0.500 e. The highest BCUT2D eigenvalue weighted by Crippen LogP contribution is 2.40. The summed E-state index contributed by atoms with van der Waals surface area (Å²) in [5.41, 5.74) is 5.77. The maximum atomic E-state index is 13.6. The van der Waals surface area contributed by atoms with Crippen molar-refractivity contribution in [1.82, 2.24) is 0 Å². The standard InChI is InChI=1S/C9H6B4FNO/c10-7-5-4(16-8(7)11)2-1-3(14)6(5)9(12,13)15/h1-2,7-8H,15H2. The first-order valence-electron chi connectivity index (χ1n) is 4.69. The van der Waals surface area contributed by atoms with Gasteiger partial charge < -0.3 is 10.5 Å². The molecule has 0 fully saturated rings. The monoisotopic (exact) mass is 207 g/mol. The molecule has 0 amide bonds. The van der Waals surface area contributed by atoms with Crippen LogP contribution in [-0.2, 0) is 5.34 Å². The van der Waals surface area contributed by atoms with E-state index in [0.717, 1.165) is 0 Å². The Bertz CT molecular complexity index is 434. The zero-order valence-electron chi connectivity index (χ0n) is 8.48. The summed E-state index contributed by atoms with van der Waals surface area (Å²) in [5.74, 6) is -0.961. The predicted molar refractivity (Wildman–Crippen MR) is 62.4 cm³/mol. The third-order valence-electron chi connectivity index (χ3n) is 2.54. The summed E-state index contributed by atoms with van der Waals surface area (Å²) >= 11 is 0. The fourth-order valence-electron chi connectivity index (χ4n) is 1.83. The number of benzene rings is 1. The molecule has 2 N–H and O–H groups in total. The lowest BCUT2D eigenvalue weighted by Gasteiger charge is -2.25. The Morgan fingerprint density at radius 1 is 1.31 bits per heavy atom. The van der Waals surface area contributed by atoms with Crippen molar-refractivity contribution in [3.8, 4) is 5.75 Å². The Balaban J connectivity index is 2.67. The molecule has 2 nitrogen and oxygen atoms in total. The van der Waals surface area contributed by atoms with Crippen LogP contribution in [-0.4, -0.2) is 37.4 Å². The van der Waals surface area contributed by atoms with Crippen molar-refractivity contribution in [3.63, 3.8) is 0 Å². The van der Waals surface area contributed by atoms with Crippen LogP contribution in [0.2, 0.25) is 0 Å². The van der Waals surface area contributed by atoms with Crippen LogP contribution < -0.4 is 10.5 Å². The SMILES string of the molecule is [B]C1Oc2ccc(F)c(C([B])([B])N)c2C1[B]. The van der Waals surface area contributed by atoms with Gasteiger partial charge in [-0.15, -0.1) is 0 Å². The Morgan fingerprint density at radius 2 is 1.94 bits per heavy atom. The molecule has 0 aliphatic carbocycles. The van der Waals surface area contributed by atoms with E-state index < -0.39 is 23.0 Å². The zero-order chi connectivity index (χ0) is 12.1. The van der Waals surface area contributed by atoms with E-state index in [0.29, 0.717) is 11.3 Å². The molecule has 16 heavy (non-hydrogen) atoms. The molecule has 1 aromatic carbocycles. The molecule has 0 saturated carbocycles. The lowest BCUT2D eigenvalue weighted by Crippen LogP contribution is -2.40. The number of fused-ring (bicyclic) bond motifs is 1. The van der Waals surface area contributed by atoms with E-state index in [1.54, 1.807) is 0 Å². The van der Waals surface area contributed by atoms with E-state index in [4.69, 9.17) is 41.9 Å². The maximum absolute atomic E-state index is 13.6. The quantitative estimate of drug-likeness (QED) is 0.619. The van der Waals surface area contributed by atoms with Crippen molar-refractivity contribution >= 4 is 31.4 Å². The highest BCUT2D eigenvalue weighted by Gasteiger charge is 2.34. The van der Waals surface area contributed by atoms with E-state index in [9.17, 15) is 4.39 Å². The summed E-state index contributed by atoms with van der Waals surface area (Å²) in [6.07, 6.45) is 0. The van der Waals surface area contributed by atoms with Crippen molar-refractivity contribution in [2.45, 2.75) is 17.2 Å². The molecular formula is C9H6B4FNO. The molecule has 8 radical (unpaired) electrons. The Morgan fingerprint density at radius 3 is 2.50 bits per heavy atom. The van der Waals surface area contributed by atoms with E-state index in [-0.39, 0.29) is 5.56 Å². The lowest BCUT2D eigenvalue weighted by molar-refractivity contribution is 0.311. The first kappa shape index (κ1) is 11.6. The number of hydrogen-bond donors (Lipinski definition) is 1. The van der Waals surface area contributed by atoms with Crippen molar-refractivity contribution in [1.29, 1.82) is 0 Å². The predicted octanol–water partition coefficient (Wildman–Crippen LogP) is -0.672. The minimum absolute atomic E-state index is 0.0644. The molecule has 1 aromatic rings. The van der Waals surface area contributed by atoms with E-state index in [1.807, 2.05) is 0 Å². The van der Waals surface area contributed by atoms with Gasteiger partial charge in [-0.3, -0.25) is 0 Å². The highest BCUT2D eigenvalue weighted by molar-refractivity contribution is 6.40. The number of halogens is 1. The second-order valence-electron chi connectivity index (χ2n) is 3.88. The Labute approximate surface area is 98.7 Å². The summed E-state index contributed by atoms with van der Waals surface area (Å²) in [6.45, 7) is 0. The van der Waals surface area contributed by atoms with Gasteiger partial charge in [0.2, 0.25) is 0 Å². The van der Waals surface area contributed by atoms with Gasteiger partial charge in [0.25, 0.3) is 0 Å².